The highest BCUT2D eigenvalue weighted by atomic mass is 35.5. The first-order chi connectivity index (χ1) is 16.2. The molecule has 0 unspecified atom stereocenters. The monoisotopic (exact) mass is 477 g/mol. The van der Waals surface area contributed by atoms with Gasteiger partial charge in [-0.25, -0.2) is 4.98 Å². The zero-order chi connectivity index (χ0) is 22.2. The Hall–Kier alpha value is -3.40. The molecule has 5 aromatic rings. The van der Waals surface area contributed by atoms with E-state index >= 15 is 0 Å². The Morgan fingerprint density at radius 3 is 2.73 bits per heavy atom. The molecule has 6 rings (SSSR count). The fraction of sp³-hybridized carbons (Fsp3) is 0.174. The van der Waals surface area contributed by atoms with Crippen LogP contribution in [0.3, 0.4) is 0 Å². The van der Waals surface area contributed by atoms with Crippen LogP contribution in [0.1, 0.15) is 0 Å². The van der Waals surface area contributed by atoms with Crippen LogP contribution >= 0.6 is 22.9 Å². The molecule has 166 valence electrons. The number of nitrogens with zero attached hydrogens (tertiary/aromatic N) is 4. The van der Waals surface area contributed by atoms with Gasteiger partial charge in [0.2, 0.25) is 5.95 Å². The normalized spacial score (nSPS) is 14.2. The lowest BCUT2D eigenvalue weighted by Crippen LogP contribution is -2.36. The van der Waals surface area contributed by atoms with Crippen LogP contribution in [0, 0.1) is 0 Å². The molecule has 8 nitrogen and oxygen atoms in total. The van der Waals surface area contributed by atoms with Gasteiger partial charge in [-0.2, -0.15) is 10.1 Å². The Kier molecular flexibility index (Phi) is 5.21. The summed E-state index contributed by atoms with van der Waals surface area (Å²) < 4.78 is 6.43. The lowest BCUT2D eigenvalue weighted by Gasteiger charge is -2.29. The number of aromatic amines is 1. The average Bonchev–Trinajstić information content (AvgIpc) is 3.49. The van der Waals surface area contributed by atoms with Crippen LogP contribution in [0.15, 0.2) is 54.0 Å². The largest absolute Gasteiger partial charge is 0.378 e. The zero-order valence-electron chi connectivity index (χ0n) is 17.5. The van der Waals surface area contributed by atoms with E-state index in [0.717, 1.165) is 57.1 Å². The Morgan fingerprint density at radius 2 is 1.85 bits per heavy atom. The van der Waals surface area contributed by atoms with Crippen molar-refractivity contribution in [1.29, 1.82) is 0 Å². The molecule has 0 saturated carbocycles. The van der Waals surface area contributed by atoms with E-state index in [2.05, 4.69) is 30.7 Å². The number of anilines is 5. The lowest BCUT2D eigenvalue weighted by atomic mass is 10.2. The molecule has 0 radical (unpaired) electrons. The molecule has 1 saturated heterocycles. The van der Waals surface area contributed by atoms with Crippen LogP contribution in [-0.2, 0) is 4.74 Å². The number of ether oxygens (including phenoxy) is 1. The van der Waals surface area contributed by atoms with E-state index in [1.54, 1.807) is 17.5 Å². The van der Waals surface area contributed by atoms with Crippen LogP contribution in [0.5, 0.6) is 0 Å². The van der Waals surface area contributed by atoms with Crippen molar-refractivity contribution in [2.24, 2.45) is 0 Å². The summed E-state index contributed by atoms with van der Waals surface area (Å²) >= 11 is 8.20. The van der Waals surface area contributed by atoms with E-state index in [1.165, 1.54) is 0 Å². The molecule has 0 bridgehead atoms. The predicted octanol–water partition coefficient (Wildman–Crippen LogP) is 5.54. The second-order valence-electron chi connectivity index (χ2n) is 7.72. The van der Waals surface area contributed by atoms with Crippen LogP contribution in [0.2, 0.25) is 5.02 Å². The Balaban J connectivity index is 1.29. The van der Waals surface area contributed by atoms with Crippen molar-refractivity contribution < 1.29 is 4.74 Å². The summed E-state index contributed by atoms with van der Waals surface area (Å²) in [5, 5.41) is 17.5. The zero-order valence-corrected chi connectivity index (χ0v) is 19.1. The maximum Gasteiger partial charge on any atom is 0.229 e. The number of benzene rings is 2. The molecule has 2 aromatic carbocycles. The first-order valence-electron chi connectivity index (χ1n) is 10.6. The molecule has 3 N–H and O–H groups in total. The van der Waals surface area contributed by atoms with E-state index in [-0.39, 0.29) is 0 Å². The number of fused-ring (bicyclic) bond motifs is 2. The maximum absolute atomic E-state index is 6.60. The number of hydrogen-bond acceptors (Lipinski definition) is 8. The molecular weight excluding hydrogens is 458 g/mol. The first kappa shape index (κ1) is 20.2. The average molecular weight is 478 g/mol. The van der Waals surface area contributed by atoms with Gasteiger partial charge in [0, 0.05) is 29.9 Å². The minimum Gasteiger partial charge on any atom is -0.378 e. The first-order valence-corrected chi connectivity index (χ1v) is 11.8. The van der Waals surface area contributed by atoms with Crippen LogP contribution in [0.25, 0.3) is 21.1 Å². The quantitative estimate of drug-likeness (QED) is 0.306. The van der Waals surface area contributed by atoms with E-state index in [9.17, 15) is 0 Å². The van der Waals surface area contributed by atoms with Crippen LogP contribution in [0.4, 0.5) is 28.8 Å². The van der Waals surface area contributed by atoms with Gasteiger partial charge in [0.25, 0.3) is 0 Å². The van der Waals surface area contributed by atoms with Crippen LogP contribution < -0.4 is 15.5 Å². The van der Waals surface area contributed by atoms with Crippen LogP contribution in [-0.4, -0.2) is 46.5 Å². The lowest BCUT2D eigenvalue weighted by molar-refractivity contribution is 0.122. The number of morpholine rings is 1. The highest BCUT2D eigenvalue weighted by molar-refractivity contribution is 7.17. The highest BCUT2D eigenvalue weighted by Crippen LogP contribution is 2.33. The summed E-state index contributed by atoms with van der Waals surface area (Å²) in [4.78, 5) is 11.7. The fourth-order valence-electron chi connectivity index (χ4n) is 3.94. The van der Waals surface area contributed by atoms with Crippen molar-refractivity contribution in [3.8, 4) is 0 Å². The topological polar surface area (TPSA) is 91.0 Å². The number of thiophene rings is 1. The number of H-pyrrole nitrogens is 1. The molecule has 4 heterocycles. The summed E-state index contributed by atoms with van der Waals surface area (Å²) in [6, 6.07) is 14.0. The number of rotatable bonds is 5. The van der Waals surface area contributed by atoms with Gasteiger partial charge >= 0.3 is 0 Å². The van der Waals surface area contributed by atoms with E-state index < -0.39 is 0 Å². The minimum atomic E-state index is 0.503. The Labute approximate surface area is 198 Å². The standard InChI is InChI=1S/C23H20ClN7OS/c24-17-12-16(2-4-20(17)31-6-8-32-9-7-31)27-23-28-19-5-10-33-21(19)22(29-23)26-15-1-3-18-14(11-15)13-25-30-18/h1-5,10-13H,6-9H2,(H,25,30)(H2,26,27,28,29). The van der Waals surface area contributed by atoms with Gasteiger partial charge in [-0.3, -0.25) is 5.10 Å². The molecule has 0 spiro atoms. The van der Waals surface area contributed by atoms with Gasteiger partial charge in [-0.15, -0.1) is 11.3 Å². The Bertz CT molecular complexity index is 1440. The van der Waals surface area contributed by atoms with E-state index in [1.807, 2.05) is 47.8 Å². The summed E-state index contributed by atoms with van der Waals surface area (Å²) in [5.74, 6) is 1.25. The predicted molar refractivity (Wildman–Crippen MR) is 135 cm³/mol. The van der Waals surface area contributed by atoms with Crippen molar-refractivity contribution in [1.82, 2.24) is 20.2 Å². The van der Waals surface area contributed by atoms with Gasteiger partial charge in [-0.1, -0.05) is 11.6 Å². The molecule has 33 heavy (non-hydrogen) atoms. The van der Waals surface area contributed by atoms with Crippen molar-refractivity contribution in [2.75, 3.05) is 41.8 Å². The molecule has 1 aliphatic rings. The molecule has 10 heteroatoms. The van der Waals surface area contributed by atoms with Crippen molar-refractivity contribution in [2.45, 2.75) is 0 Å². The van der Waals surface area contributed by atoms with Gasteiger partial charge < -0.3 is 20.3 Å². The molecule has 0 amide bonds. The number of nitrogens with one attached hydrogen (secondary N) is 3. The number of aromatic nitrogens is 4. The second-order valence-corrected chi connectivity index (χ2v) is 9.04. The fourth-order valence-corrected chi connectivity index (χ4v) is 5.01. The van der Waals surface area contributed by atoms with Gasteiger partial charge in [0.05, 0.1) is 45.9 Å². The highest BCUT2D eigenvalue weighted by Gasteiger charge is 2.15. The number of halogens is 1. The third-order valence-electron chi connectivity index (χ3n) is 5.56. The van der Waals surface area contributed by atoms with Gasteiger partial charge in [0.1, 0.15) is 0 Å². The second kappa shape index (κ2) is 8.51. The van der Waals surface area contributed by atoms with Crippen molar-refractivity contribution in [3.05, 3.63) is 59.1 Å². The number of hydrogen-bond donors (Lipinski definition) is 3. The molecule has 0 aliphatic carbocycles. The molecular formula is C23H20ClN7OS. The molecule has 1 fully saturated rings. The molecule has 1 aliphatic heterocycles. The summed E-state index contributed by atoms with van der Waals surface area (Å²) in [6.45, 7) is 3.11. The van der Waals surface area contributed by atoms with Gasteiger partial charge in [0.15, 0.2) is 5.82 Å². The maximum atomic E-state index is 6.60. The van der Waals surface area contributed by atoms with Crippen molar-refractivity contribution in [3.63, 3.8) is 0 Å². The molecule has 0 atom stereocenters. The third kappa shape index (κ3) is 4.06. The Morgan fingerprint density at radius 1 is 1.00 bits per heavy atom. The van der Waals surface area contributed by atoms with Crippen molar-refractivity contribution >= 4 is 72.9 Å². The summed E-state index contributed by atoms with van der Waals surface area (Å²) in [6.07, 6.45) is 1.80. The third-order valence-corrected chi connectivity index (χ3v) is 6.78. The summed E-state index contributed by atoms with van der Waals surface area (Å²) in [5.41, 5.74) is 4.64. The van der Waals surface area contributed by atoms with Gasteiger partial charge in [-0.05, 0) is 47.8 Å². The molecule has 3 aromatic heterocycles. The SMILES string of the molecule is Clc1cc(Nc2nc(Nc3ccc4[nH]ncc4c3)c3sccc3n2)ccc1N1CCOCC1. The minimum absolute atomic E-state index is 0.503. The summed E-state index contributed by atoms with van der Waals surface area (Å²) in [7, 11) is 0. The smallest absolute Gasteiger partial charge is 0.229 e. The van der Waals surface area contributed by atoms with E-state index in [0.29, 0.717) is 24.2 Å². The van der Waals surface area contributed by atoms with E-state index in [4.69, 9.17) is 21.3 Å².